The summed E-state index contributed by atoms with van der Waals surface area (Å²) in [4.78, 5) is 12.6. The molecule has 1 amide bonds. The summed E-state index contributed by atoms with van der Waals surface area (Å²) in [6.07, 6.45) is 2.79. The molecular formula is C22H27N3O2. The molecule has 1 unspecified atom stereocenters. The maximum atomic E-state index is 12.6. The van der Waals surface area contributed by atoms with E-state index in [0.717, 1.165) is 28.6 Å². The van der Waals surface area contributed by atoms with Gasteiger partial charge in [0.1, 0.15) is 5.75 Å². The Bertz CT molecular complexity index is 930. The molecular weight excluding hydrogens is 338 g/mol. The molecule has 0 aliphatic carbocycles. The third kappa shape index (κ3) is 4.67. The number of carbonyl (C=O) groups excluding carboxylic acids is 1. The van der Waals surface area contributed by atoms with E-state index in [9.17, 15) is 4.79 Å². The highest BCUT2D eigenvalue weighted by atomic mass is 16.5. The van der Waals surface area contributed by atoms with Gasteiger partial charge in [0.25, 0.3) is 5.91 Å². The fourth-order valence-corrected chi connectivity index (χ4v) is 3.35. The third-order valence-electron chi connectivity index (χ3n) is 4.58. The van der Waals surface area contributed by atoms with E-state index < -0.39 is 0 Å². The van der Waals surface area contributed by atoms with E-state index in [1.807, 2.05) is 60.3 Å². The molecule has 0 aliphatic heterocycles. The predicted molar refractivity (Wildman–Crippen MR) is 108 cm³/mol. The van der Waals surface area contributed by atoms with Crippen LogP contribution in [0.5, 0.6) is 5.75 Å². The summed E-state index contributed by atoms with van der Waals surface area (Å²) in [5.41, 5.74) is 2.70. The summed E-state index contributed by atoms with van der Waals surface area (Å²) in [6, 6.07) is 13.8. The van der Waals surface area contributed by atoms with Crippen LogP contribution in [0.4, 0.5) is 0 Å². The van der Waals surface area contributed by atoms with E-state index >= 15 is 0 Å². The van der Waals surface area contributed by atoms with Gasteiger partial charge in [0.15, 0.2) is 0 Å². The second kappa shape index (κ2) is 8.25. The lowest BCUT2D eigenvalue weighted by atomic mass is 10.0. The van der Waals surface area contributed by atoms with Gasteiger partial charge in [0, 0.05) is 17.0 Å². The minimum Gasteiger partial charge on any atom is -0.497 e. The Labute approximate surface area is 160 Å². The lowest BCUT2D eigenvalue weighted by Gasteiger charge is -2.16. The lowest BCUT2D eigenvalue weighted by molar-refractivity contribution is 0.0936. The second-order valence-electron chi connectivity index (χ2n) is 7.43. The lowest BCUT2D eigenvalue weighted by Crippen LogP contribution is -2.33. The number of nitrogens with zero attached hydrogens (tertiary/aromatic N) is 2. The van der Waals surface area contributed by atoms with Crippen molar-refractivity contribution in [2.45, 2.75) is 39.8 Å². The van der Waals surface area contributed by atoms with E-state index in [-0.39, 0.29) is 11.9 Å². The van der Waals surface area contributed by atoms with Crippen LogP contribution in [0.25, 0.3) is 10.9 Å². The molecule has 0 aliphatic rings. The molecule has 1 heterocycles. The number of carbonyl (C=O) groups is 1. The van der Waals surface area contributed by atoms with Gasteiger partial charge in [0.2, 0.25) is 0 Å². The Morgan fingerprint density at radius 1 is 1.19 bits per heavy atom. The van der Waals surface area contributed by atoms with Crippen molar-refractivity contribution < 1.29 is 9.53 Å². The average Bonchev–Trinajstić information content (AvgIpc) is 3.03. The van der Waals surface area contributed by atoms with Gasteiger partial charge in [-0.1, -0.05) is 32.0 Å². The minimum absolute atomic E-state index is 0.0424. The first-order valence-corrected chi connectivity index (χ1v) is 9.35. The van der Waals surface area contributed by atoms with Crippen LogP contribution in [0.1, 0.15) is 43.1 Å². The molecule has 0 saturated carbocycles. The van der Waals surface area contributed by atoms with Crippen molar-refractivity contribution in [3.63, 3.8) is 0 Å². The zero-order chi connectivity index (χ0) is 19.4. The normalized spacial score (nSPS) is 12.3. The number of methoxy groups -OCH3 is 1. The SMILES string of the molecule is COc1cccc(Cn2ncc3ccc(C(=O)NC(C)CC(C)C)cc32)c1. The van der Waals surface area contributed by atoms with E-state index in [2.05, 4.69) is 24.3 Å². The van der Waals surface area contributed by atoms with Gasteiger partial charge >= 0.3 is 0 Å². The van der Waals surface area contributed by atoms with Gasteiger partial charge in [-0.3, -0.25) is 9.48 Å². The van der Waals surface area contributed by atoms with Crippen LogP contribution in [0, 0.1) is 5.92 Å². The smallest absolute Gasteiger partial charge is 0.251 e. The fourth-order valence-electron chi connectivity index (χ4n) is 3.35. The molecule has 27 heavy (non-hydrogen) atoms. The van der Waals surface area contributed by atoms with Crippen LogP contribution < -0.4 is 10.1 Å². The molecule has 142 valence electrons. The van der Waals surface area contributed by atoms with Crippen LogP contribution in [0.2, 0.25) is 0 Å². The molecule has 0 saturated heterocycles. The molecule has 1 N–H and O–H groups in total. The summed E-state index contributed by atoms with van der Waals surface area (Å²) < 4.78 is 7.21. The Balaban J connectivity index is 1.82. The van der Waals surface area contributed by atoms with E-state index in [1.165, 1.54) is 0 Å². The van der Waals surface area contributed by atoms with Crippen molar-refractivity contribution >= 4 is 16.8 Å². The summed E-state index contributed by atoms with van der Waals surface area (Å²) in [7, 11) is 1.66. The molecule has 3 aromatic rings. The summed E-state index contributed by atoms with van der Waals surface area (Å²) >= 11 is 0. The number of nitrogens with one attached hydrogen (secondary N) is 1. The van der Waals surface area contributed by atoms with Crippen LogP contribution >= 0.6 is 0 Å². The Morgan fingerprint density at radius 2 is 2.00 bits per heavy atom. The van der Waals surface area contributed by atoms with Crippen molar-refractivity contribution in [2.24, 2.45) is 5.92 Å². The Hall–Kier alpha value is -2.82. The van der Waals surface area contributed by atoms with E-state index in [1.54, 1.807) is 7.11 Å². The van der Waals surface area contributed by atoms with Crippen LogP contribution in [0.15, 0.2) is 48.7 Å². The first-order chi connectivity index (χ1) is 13.0. The Kier molecular flexibility index (Phi) is 5.79. The van der Waals surface area contributed by atoms with Crippen molar-refractivity contribution in [1.29, 1.82) is 0 Å². The fraction of sp³-hybridized carbons (Fsp3) is 0.364. The van der Waals surface area contributed by atoms with Gasteiger partial charge in [-0.15, -0.1) is 0 Å². The number of aromatic nitrogens is 2. The monoisotopic (exact) mass is 365 g/mol. The van der Waals surface area contributed by atoms with Gasteiger partial charge in [0.05, 0.1) is 25.4 Å². The number of hydrogen-bond acceptors (Lipinski definition) is 3. The molecule has 0 fully saturated rings. The van der Waals surface area contributed by atoms with Crippen LogP contribution in [-0.2, 0) is 6.54 Å². The zero-order valence-electron chi connectivity index (χ0n) is 16.4. The molecule has 1 atom stereocenters. The number of fused-ring (bicyclic) bond motifs is 1. The zero-order valence-corrected chi connectivity index (χ0v) is 16.4. The van der Waals surface area contributed by atoms with Crippen molar-refractivity contribution in [1.82, 2.24) is 15.1 Å². The molecule has 2 aromatic carbocycles. The molecule has 0 spiro atoms. The Morgan fingerprint density at radius 3 is 2.74 bits per heavy atom. The van der Waals surface area contributed by atoms with E-state index in [4.69, 9.17) is 4.74 Å². The molecule has 0 radical (unpaired) electrons. The summed E-state index contributed by atoms with van der Waals surface area (Å²) in [6.45, 7) is 6.98. The summed E-state index contributed by atoms with van der Waals surface area (Å²) in [5.74, 6) is 1.33. The van der Waals surface area contributed by atoms with Gasteiger partial charge in [-0.2, -0.15) is 5.10 Å². The number of amides is 1. The standard InChI is InChI=1S/C22H27N3O2/c1-15(2)10-16(3)24-22(26)18-8-9-19-13-23-25(21(19)12-18)14-17-6-5-7-20(11-17)27-4/h5-9,11-13,15-16H,10,14H2,1-4H3,(H,24,26). The number of ether oxygens (including phenoxy) is 1. The van der Waals surface area contributed by atoms with Crippen molar-refractivity contribution in [3.8, 4) is 5.75 Å². The molecule has 5 heteroatoms. The maximum absolute atomic E-state index is 12.6. The predicted octanol–water partition coefficient (Wildman–Crippen LogP) is 4.26. The molecule has 3 rings (SSSR count). The van der Waals surface area contributed by atoms with Crippen molar-refractivity contribution in [2.75, 3.05) is 7.11 Å². The average molecular weight is 365 g/mol. The van der Waals surface area contributed by atoms with Crippen LogP contribution in [-0.4, -0.2) is 28.8 Å². The van der Waals surface area contributed by atoms with Gasteiger partial charge in [-0.25, -0.2) is 0 Å². The van der Waals surface area contributed by atoms with Crippen molar-refractivity contribution in [3.05, 3.63) is 59.8 Å². The highest BCUT2D eigenvalue weighted by Gasteiger charge is 2.13. The highest BCUT2D eigenvalue weighted by molar-refractivity contribution is 5.98. The molecule has 1 aromatic heterocycles. The first-order valence-electron chi connectivity index (χ1n) is 9.35. The minimum atomic E-state index is -0.0424. The third-order valence-corrected chi connectivity index (χ3v) is 4.58. The van der Waals surface area contributed by atoms with Gasteiger partial charge < -0.3 is 10.1 Å². The first kappa shape index (κ1) is 19.0. The maximum Gasteiger partial charge on any atom is 0.251 e. The van der Waals surface area contributed by atoms with Crippen LogP contribution in [0.3, 0.4) is 0 Å². The number of hydrogen-bond donors (Lipinski definition) is 1. The second-order valence-corrected chi connectivity index (χ2v) is 7.43. The molecule has 5 nitrogen and oxygen atoms in total. The number of benzene rings is 2. The largest absolute Gasteiger partial charge is 0.497 e. The summed E-state index contributed by atoms with van der Waals surface area (Å²) in [5, 5.41) is 8.59. The quantitative estimate of drug-likeness (QED) is 0.681. The molecule has 0 bridgehead atoms. The number of rotatable bonds is 7. The highest BCUT2D eigenvalue weighted by Crippen LogP contribution is 2.19. The topological polar surface area (TPSA) is 56.2 Å². The van der Waals surface area contributed by atoms with E-state index in [0.29, 0.717) is 18.0 Å². The van der Waals surface area contributed by atoms with Gasteiger partial charge in [-0.05, 0) is 49.1 Å².